The molecule has 2 aromatic heterocycles. The summed E-state index contributed by atoms with van der Waals surface area (Å²) in [4.78, 5) is 6.95. The van der Waals surface area contributed by atoms with Gasteiger partial charge in [-0.05, 0) is 25.7 Å². The molecule has 0 atom stereocenters. The Hall–Kier alpha value is -1.58. The molecule has 1 aliphatic heterocycles. The number of rotatable bonds is 1. The number of anilines is 1. The van der Waals surface area contributed by atoms with Gasteiger partial charge in [-0.25, -0.2) is 4.98 Å². The first-order chi connectivity index (χ1) is 7.93. The standard InChI is InChI=1S/C12H14N4/c1-2-10(3-1)15-7-5-9-8-13-11-4-6-14-16(11)12(9)15/h4,6,8,10H,1-3,5,7H2. The van der Waals surface area contributed by atoms with Crippen LogP contribution in [0.5, 0.6) is 0 Å². The molecule has 0 spiro atoms. The van der Waals surface area contributed by atoms with Gasteiger partial charge < -0.3 is 4.90 Å². The summed E-state index contributed by atoms with van der Waals surface area (Å²) in [5.74, 6) is 1.29. The van der Waals surface area contributed by atoms with E-state index in [-0.39, 0.29) is 0 Å². The Kier molecular flexibility index (Phi) is 1.59. The topological polar surface area (TPSA) is 33.4 Å². The van der Waals surface area contributed by atoms with Crippen LogP contribution in [-0.2, 0) is 6.42 Å². The number of hydrogen-bond acceptors (Lipinski definition) is 3. The fourth-order valence-electron chi connectivity index (χ4n) is 2.78. The van der Waals surface area contributed by atoms with Crippen LogP contribution >= 0.6 is 0 Å². The largest absolute Gasteiger partial charge is 0.353 e. The first kappa shape index (κ1) is 8.56. The van der Waals surface area contributed by atoms with Crippen LogP contribution in [0, 0.1) is 0 Å². The zero-order valence-electron chi connectivity index (χ0n) is 9.13. The van der Waals surface area contributed by atoms with Gasteiger partial charge in [0.1, 0.15) is 5.82 Å². The molecule has 1 saturated carbocycles. The minimum Gasteiger partial charge on any atom is -0.353 e. The van der Waals surface area contributed by atoms with E-state index < -0.39 is 0 Å². The van der Waals surface area contributed by atoms with Crippen LogP contribution in [0.3, 0.4) is 0 Å². The summed E-state index contributed by atoms with van der Waals surface area (Å²) in [6.07, 6.45) is 9.03. The molecule has 0 unspecified atom stereocenters. The van der Waals surface area contributed by atoms with Gasteiger partial charge >= 0.3 is 0 Å². The van der Waals surface area contributed by atoms with Crippen molar-refractivity contribution in [2.24, 2.45) is 0 Å². The highest BCUT2D eigenvalue weighted by atomic mass is 15.4. The maximum atomic E-state index is 4.42. The zero-order valence-corrected chi connectivity index (χ0v) is 9.13. The van der Waals surface area contributed by atoms with E-state index in [1.807, 2.05) is 23.0 Å². The summed E-state index contributed by atoms with van der Waals surface area (Å²) in [6.45, 7) is 1.14. The van der Waals surface area contributed by atoms with E-state index in [1.54, 1.807) is 0 Å². The fraction of sp³-hybridized carbons (Fsp3) is 0.500. The van der Waals surface area contributed by atoms with Crippen molar-refractivity contribution in [1.29, 1.82) is 0 Å². The van der Waals surface area contributed by atoms with E-state index in [2.05, 4.69) is 15.0 Å². The lowest BCUT2D eigenvalue weighted by molar-refractivity contribution is 0.389. The number of hydrogen-bond donors (Lipinski definition) is 0. The molecule has 0 radical (unpaired) electrons. The molecule has 82 valence electrons. The Morgan fingerprint density at radius 1 is 1.31 bits per heavy atom. The maximum Gasteiger partial charge on any atom is 0.157 e. The third-order valence-corrected chi connectivity index (χ3v) is 3.87. The highest BCUT2D eigenvalue weighted by Gasteiger charge is 2.32. The molecular formula is C12H14N4. The monoisotopic (exact) mass is 214 g/mol. The van der Waals surface area contributed by atoms with Gasteiger partial charge in [0, 0.05) is 30.4 Å². The Labute approximate surface area is 93.9 Å². The molecule has 2 aromatic rings. The van der Waals surface area contributed by atoms with Crippen molar-refractivity contribution in [3.05, 3.63) is 24.0 Å². The molecule has 0 saturated heterocycles. The molecule has 0 amide bonds. The van der Waals surface area contributed by atoms with Crippen molar-refractivity contribution in [3.63, 3.8) is 0 Å². The lowest BCUT2D eigenvalue weighted by atomic mass is 9.92. The van der Waals surface area contributed by atoms with E-state index in [1.165, 1.54) is 30.6 Å². The SMILES string of the molecule is c1cc2ncc3c(n2n1)N(C1CCC1)CC3. The molecule has 1 fully saturated rings. The first-order valence-electron chi connectivity index (χ1n) is 6.02. The van der Waals surface area contributed by atoms with E-state index in [0.717, 1.165) is 24.7 Å². The van der Waals surface area contributed by atoms with Crippen molar-refractivity contribution in [1.82, 2.24) is 14.6 Å². The summed E-state index contributed by atoms with van der Waals surface area (Å²) in [6, 6.07) is 2.72. The molecule has 0 aromatic carbocycles. The number of aromatic nitrogens is 3. The van der Waals surface area contributed by atoms with E-state index in [0.29, 0.717) is 0 Å². The number of nitrogens with zero attached hydrogens (tertiary/aromatic N) is 4. The van der Waals surface area contributed by atoms with E-state index in [4.69, 9.17) is 0 Å². The predicted molar refractivity (Wildman–Crippen MR) is 61.7 cm³/mol. The molecule has 3 heterocycles. The second-order valence-corrected chi connectivity index (χ2v) is 4.74. The van der Waals surface area contributed by atoms with Gasteiger partial charge in [0.2, 0.25) is 0 Å². The fourth-order valence-corrected chi connectivity index (χ4v) is 2.78. The van der Waals surface area contributed by atoms with Crippen molar-refractivity contribution in [2.75, 3.05) is 11.4 Å². The van der Waals surface area contributed by atoms with Crippen molar-refractivity contribution in [2.45, 2.75) is 31.7 Å². The van der Waals surface area contributed by atoms with Crippen molar-refractivity contribution in [3.8, 4) is 0 Å². The summed E-state index contributed by atoms with van der Waals surface area (Å²) < 4.78 is 2.00. The van der Waals surface area contributed by atoms with Gasteiger partial charge in [-0.3, -0.25) is 0 Å². The highest BCUT2D eigenvalue weighted by molar-refractivity contribution is 5.58. The Bertz CT molecular complexity index is 541. The van der Waals surface area contributed by atoms with E-state index in [9.17, 15) is 0 Å². The minimum atomic E-state index is 0.746. The summed E-state index contributed by atoms with van der Waals surface area (Å²) in [7, 11) is 0. The lowest BCUT2D eigenvalue weighted by Crippen LogP contribution is -2.39. The van der Waals surface area contributed by atoms with Crippen LogP contribution in [-0.4, -0.2) is 27.2 Å². The summed E-state index contributed by atoms with van der Waals surface area (Å²) >= 11 is 0. The molecule has 0 bridgehead atoms. The lowest BCUT2D eigenvalue weighted by Gasteiger charge is -2.36. The van der Waals surface area contributed by atoms with Gasteiger partial charge in [-0.15, -0.1) is 0 Å². The molecule has 4 nitrogen and oxygen atoms in total. The second kappa shape index (κ2) is 2.97. The van der Waals surface area contributed by atoms with Crippen LogP contribution in [0.25, 0.3) is 5.65 Å². The summed E-state index contributed by atoms with van der Waals surface area (Å²) in [5.41, 5.74) is 2.31. The minimum absolute atomic E-state index is 0.746. The predicted octanol–water partition coefficient (Wildman–Crippen LogP) is 1.64. The third kappa shape index (κ3) is 0.991. The van der Waals surface area contributed by atoms with Gasteiger partial charge in [0.25, 0.3) is 0 Å². The third-order valence-electron chi connectivity index (χ3n) is 3.87. The molecule has 0 N–H and O–H groups in total. The highest BCUT2D eigenvalue weighted by Crippen LogP contribution is 2.35. The second-order valence-electron chi connectivity index (χ2n) is 4.74. The zero-order chi connectivity index (χ0) is 10.5. The number of fused-ring (bicyclic) bond motifs is 3. The molecule has 2 aliphatic rings. The Morgan fingerprint density at radius 2 is 2.25 bits per heavy atom. The quantitative estimate of drug-likeness (QED) is 0.723. The van der Waals surface area contributed by atoms with Gasteiger partial charge in [-0.2, -0.15) is 9.61 Å². The van der Waals surface area contributed by atoms with Gasteiger partial charge in [0.15, 0.2) is 5.65 Å². The van der Waals surface area contributed by atoms with Crippen LogP contribution in [0.15, 0.2) is 18.5 Å². The molecule has 4 heteroatoms. The van der Waals surface area contributed by atoms with Gasteiger partial charge in [0.05, 0.1) is 6.20 Å². The molecule has 1 aliphatic carbocycles. The normalized spacial score (nSPS) is 20.1. The van der Waals surface area contributed by atoms with Crippen LogP contribution in [0.4, 0.5) is 5.82 Å². The van der Waals surface area contributed by atoms with Gasteiger partial charge in [-0.1, -0.05) is 0 Å². The molecular weight excluding hydrogens is 200 g/mol. The Balaban J connectivity index is 1.91. The summed E-state index contributed by atoms with van der Waals surface area (Å²) in [5, 5.41) is 4.39. The van der Waals surface area contributed by atoms with Crippen LogP contribution in [0.1, 0.15) is 24.8 Å². The van der Waals surface area contributed by atoms with Crippen LogP contribution < -0.4 is 4.90 Å². The van der Waals surface area contributed by atoms with E-state index >= 15 is 0 Å². The first-order valence-corrected chi connectivity index (χ1v) is 6.02. The van der Waals surface area contributed by atoms with Crippen LogP contribution in [0.2, 0.25) is 0 Å². The molecule has 16 heavy (non-hydrogen) atoms. The Morgan fingerprint density at radius 3 is 3.06 bits per heavy atom. The maximum absolute atomic E-state index is 4.42. The van der Waals surface area contributed by atoms with Crippen molar-refractivity contribution >= 4 is 11.5 Å². The molecule has 4 rings (SSSR count). The smallest absolute Gasteiger partial charge is 0.157 e. The van der Waals surface area contributed by atoms with Crippen molar-refractivity contribution < 1.29 is 0 Å². The average Bonchev–Trinajstić information content (AvgIpc) is 2.79. The average molecular weight is 214 g/mol.